The number of hydrogen-bond donors (Lipinski definition) is 2. The summed E-state index contributed by atoms with van der Waals surface area (Å²) in [4.78, 5) is 11.3. The van der Waals surface area contributed by atoms with E-state index in [1.54, 1.807) is 13.3 Å². The Morgan fingerprint density at radius 3 is 2.52 bits per heavy atom. The highest BCUT2D eigenvalue weighted by Crippen LogP contribution is 2.17. The molecule has 1 saturated heterocycles. The Morgan fingerprint density at radius 1 is 1.22 bits per heavy atom. The summed E-state index contributed by atoms with van der Waals surface area (Å²) in [5, 5.41) is 6.88. The molecule has 2 heterocycles. The van der Waals surface area contributed by atoms with Gasteiger partial charge in [0.15, 0.2) is 5.96 Å². The standard InChI is InChI=1S/C20H35N5O.HI/c1-16(2)18(25-12-7-5-6-8-13-25)15-24-20(21-3)23-14-17-10-9-11-22-19(17)26-4;/h9-11,16,18H,5-8,12-15H2,1-4H3,(H2,21,23,24);1H. The highest BCUT2D eigenvalue weighted by atomic mass is 127. The molecule has 0 radical (unpaired) electrons. The lowest BCUT2D eigenvalue weighted by Crippen LogP contribution is -2.49. The molecule has 1 aliphatic rings. The summed E-state index contributed by atoms with van der Waals surface area (Å²) < 4.78 is 5.31. The zero-order valence-electron chi connectivity index (χ0n) is 17.2. The van der Waals surface area contributed by atoms with Crippen LogP contribution in [0.5, 0.6) is 5.88 Å². The maximum Gasteiger partial charge on any atom is 0.218 e. The first-order chi connectivity index (χ1) is 12.7. The average molecular weight is 489 g/mol. The van der Waals surface area contributed by atoms with Crippen molar-refractivity contribution in [2.24, 2.45) is 10.9 Å². The van der Waals surface area contributed by atoms with Gasteiger partial charge in [-0.25, -0.2) is 4.98 Å². The van der Waals surface area contributed by atoms with E-state index in [4.69, 9.17) is 4.74 Å². The molecule has 1 aromatic rings. The molecule has 0 spiro atoms. The van der Waals surface area contributed by atoms with E-state index < -0.39 is 0 Å². The van der Waals surface area contributed by atoms with Gasteiger partial charge in [0.25, 0.3) is 0 Å². The van der Waals surface area contributed by atoms with Crippen LogP contribution >= 0.6 is 24.0 Å². The van der Waals surface area contributed by atoms with Crippen LogP contribution in [0.15, 0.2) is 23.3 Å². The van der Waals surface area contributed by atoms with E-state index in [9.17, 15) is 0 Å². The molecule has 0 amide bonds. The molecule has 1 aliphatic heterocycles. The maximum absolute atomic E-state index is 5.31. The van der Waals surface area contributed by atoms with Crippen molar-refractivity contribution in [1.29, 1.82) is 0 Å². The van der Waals surface area contributed by atoms with E-state index in [1.165, 1.54) is 38.8 Å². The number of aliphatic imine (C=N–C) groups is 1. The van der Waals surface area contributed by atoms with Crippen LogP contribution in [0.25, 0.3) is 0 Å². The van der Waals surface area contributed by atoms with Crippen LogP contribution in [0.4, 0.5) is 0 Å². The molecule has 2 rings (SSSR count). The van der Waals surface area contributed by atoms with Crippen molar-refractivity contribution in [3.05, 3.63) is 23.9 Å². The van der Waals surface area contributed by atoms with Crippen LogP contribution in [0.3, 0.4) is 0 Å². The number of likely N-dealkylation sites (tertiary alicyclic amines) is 1. The first-order valence-electron chi connectivity index (χ1n) is 9.82. The molecular weight excluding hydrogens is 453 g/mol. The molecule has 1 atom stereocenters. The zero-order valence-corrected chi connectivity index (χ0v) is 19.5. The Labute approximate surface area is 181 Å². The minimum atomic E-state index is 0. The number of nitrogens with one attached hydrogen (secondary N) is 2. The van der Waals surface area contributed by atoms with Gasteiger partial charge in [-0.15, -0.1) is 24.0 Å². The molecule has 154 valence electrons. The summed E-state index contributed by atoms with van der Waals surface area (Å²) in [5.74, 6) is 2.08. The lowest BCUT2D eigenvalue weighted by atomic mass is 10.0. The second-order valence-electron chi connectivity index (χ2n) is 7.24. The Bertz CT molecular complexity index is 559. The van der Waals surface area contributed by atoms with Gasteiger partial charge in [-0.2, -0.15) is 0 Å². The first kappa shape index (κ1) is 23.9. The van der Waals surface area contributed by atoms with Gasteiger partial charge in [0.1, 0.15) is 0 Å². The van der Waals surface area contributed by atoms with E-state index in [0.29, 0.717) is 24.4 Å². The Balaban J connectivity index is 0.00000364. The highest BCUT2D eigenvalue weighted by Gasteiger charge is 2.22. The number of ether oxygens (including phenoxy) is 1. The van der Waals surface area contributed by atoms with Crippen LogP contribution in [0, 0.1) is 5.92 Å². The Hall–Kier alpha value is -1.09. The van der Waals surface area contributed by atoms with E-state index >= 15 is 0 Å². The molecule has 0 bridgehead atoms. The van der Waals surface area contributed by atoms with Crippen molar-refractivity contribution in [2.45, 2.75) is 52.1 Å². The van der Waals surface area contributed by atoms with Crippen LogP contribution in [0.1, 0.15) is 45.1 Å². The maximum atomic E-state index is 5.31. The van der Waals surface area contributed by atoms with Gasteiger partial charge in [0.05, 0.1) is 7.11 Å². The van der Waals surface area contributed by atoms with E-state index in [0.717, 1.165) is 18.1 Å². The molecule has 7 heteroatoms. The van der Waals surface area contributed by atoms with Crippen LogP contribution in [0.2, 0.25) is 0 Å². The molecule has 27 heavy (non-hydrogen) atoms. The van der Waals surface area contributed by atoms with Gasteiger partial charge in [0.2, 0.25) is 5.88 Å². The van der Waals surface area contributed by atoms with Gasteiger partial charge in [-0.1, -0.05) is 32.8 Å². The summed E-state index contributed by atoms with van der Waals surface area (Å²) in [6.07, 6.45) is 7.10. The zero-order chi connectivity index (χ0) is 18.8. The second kappa shape index (κ2) is 13.1. The number of methoxy groups -OCH3 is 1. The van der Waals surface area contributed by atoms with Crippen molar-refractivity contribution in [3.63, 3.8) is 0 Å². The molecule has 6 nitrogen and oxygen atoms in total. The molecule has 1 unspecified atom stereocenters. The van der Waals surface area contributed by atoms with Gasteiger partial charge < -0.3 is 15.4 Å². The molecule has 1 aromatic heterocycles. The third-order valence-electron chi connectivity index (χ3n) is 5.07. The van der Waals surface area contributed by atoms with Crippen LogP contribution < -0.4 is 15.4 Å². The lowest BCUT2D eigenvalue weighted by Gasteiger charge is -2.34. The first-order valence-corrected chi connectivity index (χ1v) is 9.82. The van der Waals surface area contributed by atoms with Crippen molar-refractivity contribution in [3.8, 4) is 5.88 Å². The Morgan fingerprint density at radius 2 is 1.93 bits per heavy atom. The van der Waals surface area contributed by atoms with Gasteiger partial charge in [-0.05, 0) is 37.9 Å². The minimum Gasteiger partial charge on any atom is -0.481 e. The number of halogens is 1. The Kier molecular flexibility index (Phi) is 11.7. The molecule has 0 saturated carbocycles. The van der Waals surface area contributed by atoms with Crippen molar-refractivity contribution in [2.75, 3.05) is 33.8 Å². The summed E-state index contributed by atoms with van der Waals surface area (Å²) >= 11 is 0. The highest BCUT2D eigenvalue weighted by molar-refractivity contribution is 14.0. The van der Waals surface area contributed by atoms with Crippen molar-refractivity contribution >= 4 is 29.9 Å². The number of hydrogen-bond acceptors (Lipinski definition) is 4. The quantitative estimate of drug-likeness (QED) is 0.350. The lowest BCUT2D eigenvalue weighted by molar-refractivity contribution is 0.161. The number of aromatic nitrogens is 1. The fraction of sp³-hybridized carbons (Fsp3) is 0.700. The number of nitrogens with zero attached hydrogens (tertiary/aromatic N) is 3. The summed E-state index contributed by atoms with van der Waals surface area (Å²) in [6.45, 7) is 8.59. The van der Waals surface area contributed by atoms with Gasteiger partial charge in [-0.3, -0.25) is 9.89 Å². The number of guanidine groups is 1. The average Bonchev–Trinajstić information content (AvgIpc) is 2.93. The molecule has 0 aliphatic carbocycles. The summed E-state index contributed by atoms with van der Waals surface area (Å²) in [6, 6.07) is 4.46. The van der Waals surface area contributed by atoms with E-state index in [2.05, 4.69) is 39.4 Å². The van der Waals surface area contributed by atoms with E-state index in [1.807, 2.05) is 19.2 Å². The molecule has 2 N–H and O–H groups in total. The number of rotatable bonds is 7. The predicted molar refractivity (Wildman–Crippen MR) is 123 cm³/mol. The largest absolute Gasteiger partial charge is 0.481 e. The monoisotopic (exact) mass is 489 g/mol. The minimum absolute atomic E-state index is 0. The number of pyridine rings is 1. The normalized spacial score (nSPS) is 17.0. The van der Waals surface area contributed by atoms with Crippen LogP contribution in [-0.2, 0) is 6.54 Å². The topological polar surface area (TPSA) is 61.8 Å². The third-order valence-corrected chi connectivity index (χ3v) is 5.07. The van der Waals surface area contributed by atoms with Gasteiger partial charge >= 0.3 is 0 Å². The fourth-order valence-corrected chi connectivity index (χ4v) is 3.56. The smallest absolute Gasteiger partial charge is 0.218 e. The second-order valence-corrected chi connectivity index (χ2v) is 7.24. The predicted octanol–water partition coefficient (Wildman–Crippen LogP) is 3.27. The fourth-order valence-electron chi connectivity index (χ4n) is 3.56. The molecule has 1 fully saturated rings. The molecule has 0 aromatic carbocycles. The van der Waals surface area contributed by atoms with E-state index in [-0.39, 0.29) is 24.0 Å². The van der Waals surface area contributed by atoms with Crippen molar-refractivity contribution in [1.82, 2.24) is 20.5 Å². The summed E-state index contributed by atoms with van der Waals surface area (Å²) in [7, 11) is 3.46. The third kappa shape index (κ3) is 7.81. The summed E-state index contributed by atoms with van der Waals surface area (Å²) in [5.41, 5.74) is 1.02. The van der Waals surface area contributed by atoms with Crippen LogP contribution in [-0.4, -0.2) is 55.7 Å². The molecular formula is C20H36IN5O. The SMILES string of the molecule is CN=C(NCc1cccnc1OC)NCC(C(C)C)N1CCCCCC1.I. The van der Waals surface area contributed by atoms with Crippen molar-refractivity contribution < 1.29 is 4.74 Å². The van der Waals surface area contributed by atoms with Gasteiger partial charge in [0, 0.05) is 37.9 Å².